The smallest absolute Gasteiger partial charge is 0.240 e. The lowest BCUT2D eigenvalue weighted by atomic mass is 10.2. The Kier molecular flexibility index (Phi) is 6.74. The molecule has 0 aliphatic rings. The number of ether oxygens (including phenoxy) is 1. The fourth-order valence-corrected chi connectivity index (χ4v) is 1.71. The fourth-order valence-electron chi connectivity index (χ4n) is 1.71. The van der Waals surface area contributed by atoms with Gasteiger partial charge in [0.25, 0.3) is 0 Å². The minimum Gasteiger partial charge on any atom is -0.385 e. The van der Waals surface area contributed by atoms with Crippen LogP contribution in [0.2, 0.25) is 0 Å². The molecule has 0 fully saturated rings. The second kappa shape index (κ2) is 8.31. The summed E-state index contributed by atoms with van der Waals surface area (Å²) >= 11 is 0. The van der Waals surface area contributed by atoms with E-state index in [1.807, 2.05) is 0 Å². The van der Waals surface area contributed by atoms with E-state index in [0.29, 0.717) is 25.6 Å². The third kappa shape index (κ3) is 5.47. The minimum absolute atomic E-state index is 0.129. The first-order chi connectivity index (χ1) is 9.95. The number of carbonyl (C=O) groups excluding carboxylic acids is 2. The van der Waals surface area contributed by atoms with Gasteiger partial charge in [-0.2, -0.15) is 0 Å². The topological polar surface area (TPSA) is 58.6 Å². The maximum absolute atomic E-state index is 13.7. The van der Waals surface area contributed by atoms with Gasteiger partial charge in [-0.25, -0.2) is 8.78 Å². The third-order valence-corrected chi connectivity index (χ3v) is 2.73. The molecule has 0 saturated carbocycles. The quantitative estimate of drug-likeness (QED) is 0.776. The molecule has 0 aliphatic heterocycles. The molecule has 0 radical (unpaired) electrons. The normalized spacial score (nSPS) is 10.3. The lowest BCUT2D eigenvalue weighted by Crippen LogP contribution is -2.40. The van der Waals surface area contributed by atoms with Crippen molar-refractivity contribution in [3.8, 4) is 0 Å². The molecule has 1 aromatic rings. The monoisotopic (exact) mass is 300 g/mol. The molecule has 1 aromatic carbocycles. The predicted molar refractivity (Wildman–Crippen MR) is 73.9 cm³/mol. The molecule has 0 atom stereocenters. The highest BCUT2D eigenvalue weighted by Gasteiger charge is 2.19. The SMILES string of the molecule is COCCCNC(=O)CN(C(C)=O)c1ccc(F)cc1F. The van der Waals surface area contributed by atoms with E-state index < -0.39 is 23.4 Å². The van der Waals surface area contributed by atoms with Crippen LogP contribution in [0, 0.1) is 11.6 Å². The summed E-state index contributed by atoms with van der Waals surface area (Å²) in [6.07, 6.45) is 0.632. The van der Waals surface area contributed by atoms with Crippen LogP contribution in [0.15, 0.2) is 18.2 Å². The summed E-state index contributed by atoms with van der Waals surface area (Å²) in [5.74, 6) is -2.57. The number of nitrogens with one attached hydrogen (secondary N) is 1. The number of methoxy groups -OCH3 is 1. The molecule has 5 nitrogen and oxygen atoms in total. The predicted octanol–water partition coefficient (Wildman–Crippen LogP) is 1.47. The van der Waals surface area contributed by atoms with Gasteiger partial charge in [-0.3, -0.25) is 9.59 Å². The molecular formula is C14H18F2N2O3. The van der Waals surface area contributed by atoms with Crippen molar-refractivity contribution in [2.24, 2.45) is 0 Å². The van der Waals surface area contributed by atoms with Crippen molar-refractivity contribution in [3.05, 3.63) is 29.8 Å². The van der Waals surface area contributed by atoms with E-state index in [0.717, 1.165) is 17.0 Å². The summed E-state index contributed by atoms with van der Waals surface area (Å²) in [7, 11) is 1.55. The van der Waals surface area contributed by atoms with Crippen LogP contribution < -0.4 is 10.2 Å². The number of hydrogen-bond acceptors (Lipinski definition) is 3. The Balaban J connectivity index is 2.70. The Morgan fingerprint density at radius 3 is 2.62 bits per heavy atom. The van der Waals surface area contributed by atoms with E-state index in [4.69, 9.17) is 4.74 Å². The summed E-state index contributed by atoms with van der Waals surface area (Å²) in [4.78, 5) is 24.2. The van der Waals surface area contributed by atoms with Gasteiger partial charge in [-0.15, -0.1) is 0 Å². The summed E-state index contributed by atoms with van der Waals surface area (Å²) in [5, 5.41) is 2.59. The summed E-state index contributed by atoms with van der Waals surface area (Å²) < 4.78 is 31.4. The van der Waals surface area contributed by atoms with Crippen LogP contribution in [0.25, 0.3) is 0 Å². The first-order valence-electron chi connectivity index (χ1n) is 6.44. The summed E-state index contributed by atoms with van der Waals surface area (Å²) in [6.45, 7) is 1.78. The highest BCUT2D eigenvalue weighted by Crippen LogP contribution is 2.20. The molecule has 1 rings (SSSR count). The first-order valence-corrected chi connectivity index (χ1v) is 6.44. The number of amides is 2. The van der Waals surface area contributed by atoms with E-state index in [1.165, 1.54) is 6.92 Å². The molecule has 1 N–H and O–H groups in total. The fraction of sp³-hybridized carbons (Fsp3) is 0.429. The molecule has 7 heteroatoms. The molecule has 116 valence electrons. The third-order valence-electron chi connectivity index (χ3n) is 2.73. The second-order valence-electron chi connectivity index (χ2n) is 4.40. The molecule has 21 heavy (non-hydrogen) atoms. The van der Waals surface area contributed by atoms with Gasteiger partial charge >= 0.3 is 0 Å². The van der Waals surface area contributed by atoms with Gasteiger partial charge in [0.1, 0.15) is 18.2 Å². The van der Waals surface area contributed by atoms with Gasteiger partial charge < -0.3 is 15.0 Å². The highest BCUT2D eigenvalue weighted by atomic mass is 19.1. The number of rotatable bonds is 7. The van der Waals surface area contributed by atoms with E-state index in [1.54, 1.807) is 7.11 Å². The van der Waals surface area contributed by atoms with Crippen LogP contribution in [0.1, 0.15) is 13.3 Å². The maximum atomic E-state index is 13.7. The Hall–Kier alpha value is -2.02. The number of carbonyl (C=O) groups is 2. The molecule has 0 aliphatic carbocycles. The van der Waals surface area contributed by atoms with E-state index in [9.17, 15) is 18.4 Å². The largest absolute Gasteiger partial charge is 0.385 e. The summed E-state index contributed by atoms with van der Waals surface area (Å²) in [5.41, 5.74) is -0.129. The molecule has 0 unspecified atom stereocenters. The molecule has 0 bridgehead atoms. The van der Waals surface area contributed by atoms with Gasteiger partial charge in [0.05, 0.1) is 5.69 Å². The van der Waals surface area contributed by atoms with Crippen molar-refractivity contribution < 1.29 is 23.1 Å². The number of halogens is 2. The van der Waals surface area contributed by atoms with Crippen molar-refractivity contribution in [2.75, 3.05) is 31.7 Å². The Bertz CT molecular complexity index is 509. The molecule has 0 saturated heterocycles. The van der Waals surface area contributed by atoms with Crippen LogP contribution in [0.4, 0.5) is 14.5 Å². The Morgan fingerprint density at radius 1 is 1.33 bits per heavy atom. The van der Waals surface area contributed by atoms with E-state index in [-0.39, 0.29) is 12.2 Å². The van der Waals surface area contributed by atoms with Crippen molar-refractivity contribution in [1.29, 1.82) is 0 Å². The van der Waals surface area contributed by atoms with Crippen molar-refractivity contribution >= 4 is 17.5 Å². The Labute approximate surface area is 121 Å². The zero-order valence-corrected chi connectivity index (χ0v) is 12.0. The number of nitrogens with zero attached hydrogens (tertiary/aromatic N) is 1. The maximum Gasteiger partial charge on any atom is 0.240 e. The van der Waals surface area contributed by atoms with Gasteiger partial charge in [-0.1, -0.05) is 0 Å². The second-order valence-corrected chi connectivity index (χ2v) is 4.40. The summed E-state index contributed by atoms with van der Waals surface area (Å²) in [6, 6.07) is 2.83. The number of hydrogen-bond donors (Lipinski definition) is 1. The van der Waals surface area contributed by atoms with Crippen LogP contribution >= 0.6 is 0 Å². The standard InChI is InChI=1S/C14H18F2N2O3/c1-10(19)18(9-14(20)17-6-3-7-21-2)13-5-4-11(15)8-12(13)16/h4-5,8H,3,6-7,9H2,1-2H3,(H,17,20). The molecular weight excluding hydrogens is 282 g/mol. The molecule has 0 heterocycles. The minimum atomic E-state index is -0.891. The van der Waals surface area contributed by atoms with Crippen LogP contribution in [0.3, 0.4) is 0 Å². The van der Waals surface area contributed by atoms with Crippen molar-refractivity contribution in [1.82, 2.24) is 5.32 Å². The lowest BCUT2D eigenvalue weighted by molar-refractivity contribution is -0.123. The average molecular weight is 300 g/mol. The zero-order valence-electron chi connectivity index (χ0n) is 12.0. The molecule has 0 aromatic heterocycles. The van der Waals surface area contributed by atoms with Crippen LogP contribution in [-0.4, -0.2) is 38.6 Å². The van der Waals surface area contributed by atoms with E-state index >= 15 is 0 Å². The zero-order chi connectivity index (χ0) is 15.8. The van der Waals surface area contributed by atoms with Gasteiger partial charge in [0, 0.05) is 33.3 Å². The molecule has 0 spiro atoms. The van der Waals surface area contributed by atoms with Gasteiger partial charge in [-0.05, 0) is 18.6 Å². The number of anilines is 1. The van der Waals surface area contributed by atoms with Gasteiger partial charge in [0.2, 0.25) is 11.8 Å². The van der Waals surface area contributed by atoms with Crippen molar-refractivity contribution in [3.63, 3.8) is 0 Å². The number of benzene rings is 1. The van der Waals surface area contributed by atoms with Crippen LogP contribution in [-0.2, 0) is 14.3 Å². The van der Waals surface area contributed by atoms with Crippen LogP contribution in [0.5, 0.6) is 0 Å². The average Bonchev–Trinajstić information content (AvgIpc) is 2.41. The Morgan fingerprint density at radius 2 is 2.05 bits per heavy atom. The van der Waals surface area contributed by atoms with Gasteiger partial charge in [0.15, 0.2) is 0 Å². The molecule has 2 amide bonds. The van der Waals surface area contributed by atoms with E-state index in [2.05, 4.69) is 5.32 Å². The highest BCUT2D eigenvalue weighted by molar-refractivity contribution is 5.97. The van der Waals surface area contributed by atoms with Crippen molar-refractivity contribution in [2.45, 2.75) is 13.3 Å². The first kappa shape index (κ1) is 17.0. The lowest BCUT2D eigenvalue weighted by Gasteiger charge is -2.21.